The van der Waals surface area contributed by atoms with E-state index in [1.807, 2.05) is 0 Å². The molecular weight excluding hydrogens is 274 g/mol. The molecule has 1 aromatic carbocycles. The van der Waals surface area contributed by atoms with Crippen molar-refractivity contribution in [2.45, 2.75) is 39.5 Å². The van der Waals surface area contributed by atoms with Crippen molar-refractivity contribution in [3.63, 3.8) is 0 Å². The smallest absolute Gasteiger partial charge is 0.0175 e. The Morgan fingerprint density at radius 3 is 2.41 bits per heavy atom. The molecule has 96 valence electrons. The van der Waals surface area contributed by atoms with E-state index in [0.717, 1.165) is 23.4 Å². The van der Waals surface area contributed by atoms with E-state index in [9.17, 15) is 0 Å². The lowest BCUT2D eigenvalue weighted by Gasteiger charge is -2.19. The van der Waals surface area contributed by atoms with Gasteiger partial charge in [0.1, 0.15) is 0 Å². The molecule has 1 rings (SSSR count). The summed E-state index contributed by atoms with van der Waals surface area (Å²) >= 11 is 3.46. The van der Waals surface area contributed by atoms with Gasteiger partial charge in [-0.25, -0.2) is 0 Å². The maximum Gasteiger partial charge on any atom is 0.0175 e. The van der Waals surface area contributed by atoms with Crippen molar-refractivity contribution in [2.75, 3.05) is 6.54 Å². The summed E-state index contributed by atoms with van der Waals surface area (Å²) < 4.78 is 1.14. The third-order valence-electron chi connectivity index (χ3n) is 3.29. The number of hydrogen-bond donors (Lipinski definition) is 1. The number of rotatable bonds is 7. The average Bonchev–Trinajstić information content (AvgIpc) is 2.31. The van der Waals surface area contributed by atoms with E-state index in [-0.39, 0.29) is 0 Å². The van der Waals surface area contributed by atoms with Gasteiger partial charge in [0.15, 0.2) is 0 Å². The van der Waals surface area contributed by atoms with E-state index in [0.29, 0.717) is 5.92 Å². The molecule has 2 atom stereocenters. The molecule has 0 bridgehead atoms. The van der Waals surface area contributed by atoms with Crippen molar-refractivity contribution in [1.82, 2.24) is 0 Å². The Hall–Kier alpha value is -0.340. The van der Waals surface area contributed by atoms with Gasteiger partial charge in [-0.05, 0) is 48.9 Å². The molecule has 2 heteroatoms. The predicted octanol–water partition coefficient (Wildman–Crippen LogP) is 4.39. The molecule has 1 nitrogen and oxygen atoms in total. The molecule has 0 fully saturated rings. The Morgan fingerprint density at radius 2 is 1.88 bits per heavy atom. The second kappa shape index (κ2) is 7.88. The minimum atomic E-state index is 0.623. The first-order valence-corrected chi connectivity index (χ1v) is 7.39. The van der Waals surface area contributed by atoms with Crippen LogP contribution in [0, 0.1) is 11.8 Å². The molecule has 0 aliphatic rings. The zero-order chi connectivity index (χ0) is 12.7. The SMILES string of the molecule is CCCC(C)CC(CN)Cc1ccc(Br)cc1. The van der Waals surface area contributed by atoms with Crippen molar-refractivity contribution in [3.8, 4) is 0 Å². The summed E-state index contributed by atoms with van der Waals surface area (Å²) in [5, 5.41) is 0. The van der Waals surface area contributed by atoms with Gasteiger partial charge in [-0.3, -0.25) is 0 Å². The van der Waals surface area contributed by atoms with E-state index < -0.39 is 0 Å². The van der Waals surface area contributed by atoms with Gasteiger partial charge in [-0.1, -0.05) is 54.8 Å². The fourth-order valence-electron chi connectivity index (χ4n) is 2.40. The molecule has 0 aliphatic carbocycles. The molecule has 17 heavy (non-hydrogen) atoms. The maximum atomic E-state index is 5.89. The third-order valence-corrected chi connectivity index (χ3v) is 3.82. The minimum Gasteiger partial charge on any atom is -0.330 e. The summed E-state index contributed by atoms with van der Waals surface area (Å²) in [6.07, 6.45) is 4.95. The topological polar surface area (TPSA) is 26.0 Å². The van der Waals surface area contributed by atoms with Crippen LogP contribution in [0.1, 0.15) is 38.7 Å². The van der Waals surface area contributed by atoms with Crippen LogP contribution in [0.5, 0.6) is 0 Å². The molecule has 0 heterocycles. The second-order valence-electron chi connectivity index (χ2n) is 5.06. The van der Waals surface area contributed by atoms with Crippen LogP contribution in [0.4, 0.5) is 0 Å². The first-order valence-electron chi connectivity index (χ1n) is 6.60. The highest BCUT2D eigenvalue weighted by Gasteiger charge is 2.12. The lowest BCUT2D eigenvalue weighted by Crippen LogP contribution is -2.19. The van der Waals surface area contributed by atoms with Gasteiger partial charge in [0, 0.05) is 4.47 Å². The number of benzene rings is 1. The molecule has 0 saturated carbocycles. The van der Waals surface area contributed by atoms with Gasteiger partial charge in [0.25, 0.3) is 0 Å². The monoisotopic (exact) mass is 297 g/mol. The summed E-state index contributed by atoms with van der Waals surface area (Å²) in [6, 6.07) is 8.60. The zero-order valence-corrected chi connectivity index (χ0v) is 12.5. The van der Waals surface area contributed by atoms with E-state index >= 15 is 0 Å². The van der Waals surface area contributed by atoms with Gasteiger partial charge in [-0.15, -0.1) is 0 Å². The summed E-state index contributed by atoms with van der Waals surface area (Å²) in [6.45, 7) is 5.39. The van der Waals surface area contributed by atoms with Crippen LogP contribution in [0.3, 0.4) is 0 Å². The summed E-state index contributed by atoms with van der Waals surface area (Å²) in [4.78, 5) is 0. The molecule has 1 aromatic rings. The number of nitrogens with two attached hydrogens (primary N) is 1. The van der Waals surface area contributed by atoms with Crippen molar-refractivity contribution >= 4 is 15.9 Å². The van der Waals surface area contributed by atoms with Crippen LogP contribution in [-0.4, -0.2) is 6.54 Å². The zero-order valence-electron chi connectivity index (χ0n) is 11.0. The fraction of sp³-hybridized carbons (Fsp3) is 0.600. The Bertz CT molecular complexity index is 307. The Balaban J connectivity index is 2.48. The molecule has 0 aromatic heterocycles. The lowest BCUT2D eigenvalue weighted by molar-refractivity contribution is 0.375. The number of halogens is 1. The Labute approximate surface area is 114 Å². The molecule has 2 N–H and O–H groups in total. The van der Waals surface area contributed by atoms with Gasteiger partial charge < -0.3 is 5.73 Å². The van der Waals surface area contributed by atoms with Crippen molar-refractivity contribution in [1.29, 1.82) is 0 Å². The molecule has 0 radical (unpaired) electrons. The summed E-state index contributed by atoms with van der Waals surface area (Å²) in [5.74, 6) is 1.42. The molecular formula is C15H24BrN. The van der Waals surface area contributed by atoms with Crippen molar-refractivity contribution in [2.24, 2.45) is 17.6 Å². The first kappa shape index (κ1) is 14.7. The Morgan fingerprint density at radius 1 is 1.24 bits per heavy atom. The molecule has 0 spiro atoms. The predicted molar refractivity (Wildman–Crippen MR) is 79.1 cm³/mol. The van der Waals surface area contributed by atoms with E-state index in [2.05, 4.69) is 54.0 Å². The normalized spacial score (nSPS) is 14.6. The largest absolute Gasteiger partial charge is 0.330 e. The van der Waals surface area contributed by atoms with Crippen LogP contribution in [0.15, 0.2) is 28.7 Å². The van der Waals surface area contributed by atoms with E-state index in [4.69, 9.17) is 5.73 Å². The Kier molecular flexibility index (Phi) is 6.83. The quantitative estimate of drug-likeness (QED) is 0.793. The highest BCUT2D eigenvalue weighted by atomic mass is 79.9. The second-order valence-corrected chi connectivity index (χ2v) is 5.98. The van der Waals surface area contributed by atoms with Crippen molar-refractivity contribution < 1.29 is 0 Å². The standard InChI is InChI=1S/C15H24BrN/c1-3-4-12(2)9-14(11-17)10-13-5-7-15(16)8-6-13/h5-8,12,14H,3-4,9-11,17H2,1-2H3. The van der Waals surface area contributed by atoms with Gasteiger partial charge >= 0.3 is 0 Å². The van der Waals surface area contributed by atoms with E-state index in [1.165, 1.54) is 24.8 Å². The molecule has 2 unspecified atom stereocenters. The first-order chi connectivity index (χ1) is 8.15. The van der Waals surface area contributed by atoms with E-state index in [1.54, 1.807) is 0 Å². The average molecular weight is 298 g/mol. The van der Waals surface area contributed by atoms with Gasteiger partial charge in [0.05, 0.1) is 0 Å². The lowest BCUT2D eigenvalue weighted by atomic mass is 9.88. The highest BCUT2D eigenvalue weighted by Crippen LogP contribution is 2.21. The van der Waals surface area contributed by atoms with Gasteiger partial charge in [0.2, 0.25) is 0 Å². The molecule has 0 amide bonds. The molecule has 0 aliphatic heterocycles. The highest BCUT2D eigenvalue weighted by molar-refractivity contribution is 9.10. The minimum absolute atomic E-state index is 0.623. The van der Waals surface area contributed by atoms with Crippen molar-refractivity contribution in [3.05, 3.63) is 34.3 Å². The fourth-order valence-corrected chi connectivity index (χ4v) is 2.66. The summed E-state index contributed by atoms with van der Waals surface area (Å²) in [5.41, 5.74) is 7.28. The summed E-state index contributed by atoms with van der Waals surface area (Å²) in [7, 11) is 0. The maximum absolute atomic E-state index is 5.89. The van der Waals surface area contributed by atoms with Crippen LogP contribution < -0.4 is 5.73 Å². The van der Waals surface area contributed by atoms with Crippen LogP contribution in [0.25, 0.3) is 0 Å². The number of hydrogen-bond acceptors (Lipinski definition) is 1. The molecule has 0 saturated heterocycles. The van der Waals surface area contributed by atoms with Gasteiger partial charge in [-0.2, -0.15) is 0 Å². The van der Waals surface area contributed by atoms with Crippen LogP contribution >= 0.6 is 15.9 Å². The van der Waals surface area contributed by atoms with Crippen LogP contribution in [0.2, 0.25) is 0 Å². The van der Waals surface area contributed by atoms with Crippen LogP contribution in [-0.2, 0) is 6.42 Å². The third kappa shape index (κ3) is 5.69.